The number of carbonyl (C=O) groups is 1. The molecule has 0 saturated carbocycles. The van der Waals surface area contributed by atoms with Crippen LogP contribution in [0.2, 0.25) is 0 Å². The summed E-state index contributed by atoms with van der Waals surface area (Å²) in [5, 5.41) is 5.49. The first-order chi connectivity index (χ1) is 12.3. The van der Waals surface area contributed by atoms with Gasteiger partial charge in [0.1, 0.15) is 5.75 Å². The van der Waals surface area contributed by atoms with Crippen LogP contribution < -0.4 is 19.7 Å². The van der Waals surface area contributed by atoms with Gasteiger partial charge in [-0.25, -0.2) is 13.2 Å². The molecule has 2 aromatic rings. The van der Waals surface area contributed by atoms with Gasteiger partial charge in [0.25, 0.3) is 0 Å². The van der Waals surface area contributed by atoms with Gasteiger partial charge >= 0.3 is 6.03 Å². The van der Waals surface area contributed by atoms with E-state index in [1.54, 1.807) is 18.2 Å². The number of benzene rings is 2. The highest BCUT2D eigenvalue weighted by molar-refractivity contribution is 7.92. The molecule has 138 valence electrons. The second-order valence-corrected chi connectivity index (χ2v) is 8.12. The number of nitrogens with zero attached hydrogens (tertiary/aromatic N) is 1. The van der Waals surface area contributed by atoms with Crippen LogP contribution in [0.4, 0.5) is 21.9 Å². The Kier molecular flexibility index (Phi) is 4.78. The van der Waals surface area contributed by atoms with Crippen molar-refractivity contribution in [3.8, 4) is 5.75 Å². The van der Waals surface area contributed by atoms with E-state index >= 15 is 0 Å². The lowest BCUT2D eigenvalue weighted by Crippen LogP contribution is -2.27. The molecule has 0 aromatic heterocycles. The fourth-order valence-electron chi connectivity index (χ4n) is 2.98. The van der Waals surface area contributed by atoms with Crippen molar-refractivity contribution in [3.63, 3.8) is 0 Å². The number of fused-ring (bicyclic) bond motifs is 1. The normalized spacial score (nSPS) is 13.3. The Morgan fingerprint density at radius 2 is 1.92 bits per heavy atom. The number of urea groups is 1. The van der Waals surface area contributed by atoms with Crippen LogP contribution in [0, 0.1) is 6.92 Å². The van der Waals surface area contributed by atoms with Gasteiger partial charge in [-0.3, -0.25) is 4.31 Å². The van der Waals surface area contributed by atoms with Crippen LogP contribution in [0.1, 0.15) is 11.1 Å². The second kappa shape index (κ2) is 6.87. The van der Waals surface area contributed by atoms with Gasteiger partial charge in [-0.1, -0.05) is 12.1 Å². The molecule has 2 N–H and O–H groups in total. The zero-order valence-corrected chi connectivity index (χ0v) is 15.7. The van der Waals surface area contributed by atoms with Gasteiger partial charge in [-0.05, 0) is 48.7 Å². The molecule has 1 heterocycles. The van der Waals surface area contributed by atoms with Crippen molar-refractivity contribution in [1.29, 1.82) is 0 Å². The van der Waals surface area contributed by atoms with E-state index in [1.165, 1.54) is 17.7 Å². The third kappa shape index (κ3) is 3.75. The predicted molar refractivity (Wildman–Crippen MR) is 103 cm³/mol. The molecule has 0 saturated heterocycles. The van der Waals surface area contributed by atoms with Crippen molar-refractivity contribution in [2.75, 3.05) is 34.8 Å². The molecule has 0 unspecified atom stereocenters. The number of hydrogen-bond donors (Lipinski definition) is 2. The maximum absolute atomic E-state index is 12.3. The lowest BCUT2D eigenvalue weighted by atomic mass is 10.1. The topological polar surface area (TPSA) is 87.7 Å². The summed E-state index contributed by atoms with van der Waals surface area (Å²) in [5.74, 6) is 0.558. The fraction of sp³-hybridized carbons (Fsp3) is 0.278. The molecule has 0 atom stereocenters. The SMILES string of the molecule is COc1ccc(C)cc1NC(=O)Nc1ccc2c(c1)N(S(C)(=O)=O)CC2. The molecule has 0 radical (unpaired) electrons. The number of aryl methyl sites for hydroxylation is 1. The molecule has 7 nitrogen and oxygen atoms in total. The minimum Gasteiger partial charge on any atom is -0.495 e. The molecule has 26 heavy (non-hydrogen) atoms. The molecule has 8 heteroatoms. The van der Waals surface area contributed by atoms with Crippen molar-refractivity contribution in [3.05, 3.63) is 47.5 Å². The first-order valence-electron chi connectivity index (χ1n) is 8.11. The van der Waals surface area contributed by atoms with Gasteiger partial charge in [0, 0.05) is 12.2 Å². The number of ether oxygens (including phenoxy) is 1. The second-order valence-electron chi connectivity index (χ2n) is 6.21. The molecule has 0 aliphatic carbocycles. The average molecular weight is 375 g/mol. The number of sulfonamides is 1. The molecule has 2 amide bonds. The van der Waals surface area contributed by atoms with Crippen LogP contribution in [-0.2, 0) is 16.4 Å². The molecule has 2 aromatic carbocycles. The number of methoxy groups -OCH3 is 1. The van der Waals surface area contributed by atoms with E-state index < -0.39 is 16.1 Å². The van der Waals surface area contributed by atoms with Crippen molar-refractivity contribution >= 4 is 33.1 Å². The van der Waals surface area contributed by atoms with E-state index in [-0.39, 0.29) is 0 Å². The Labute approximate surface area is 153 Å². The molecule has 0 spiro atoms. The molecule has 1 aliphatic rings. The lowest BCUT2D eigenvalue weighted by molar-refractivity contribution is 0.262. The number of hydrogen-bond acceptors (Lipinski definition) is 4. The Morgan fingerprint density at radius 3 is 2.62 bits per heavy atom. The summed E-state index contributed by atoms with van der Waals surface area (Å²) in [6.07, 6.45) is 1.84. The minimum atomic E-state index is -3.34. The highest BCUT2D eigenvalue weighted by atomic mass is 32.2. The highest BCUT2D eigenvalue weighted by Gasteiger charge is 2.26. The van der Waals surface area contributed by atoms with Crippen molar-refractivity contribution in [2.24, 2.45) is 0 Å². The highest BCUT2D eigenvalue weighted by Crippen LogP contribution is 2.32. The van der Waals surface area contributed by atoms with Crippen LogP contribution >= 0.6 is 0 Å². The third-order valence-electron chi connectivity index (χ3n) is 4.20. The van der Waals surface area contributed by atoms with Crippen LogP contribution in [0.3, 0.4) is 0 Å². The molecular weight excluding hydrogens is 354 g/mol. The zero-order valence-electron chi connectivity index (χ0n) is 14.9. The summed E-state index contributed by atoms with van der Waals surface area (Å²) in [7, 11) is -1.80. The van der Waals surface area contributed by atoms with Gasteiger partial charge < -0.3 is 15.4 Å². The van der Waals surface area contributed by atoms with E-state index in [0.29, 0.717) is 35.8 Å². The standard InChI is InChI=1S/C18H21N3O4S/c1-12-4-7-17(25-2)15(10-12)20-18(22)19-14-6-5-13-8-9-21(16(13)11-14)26(3,23)24/h4-7,10-11H,8-9H2,1-3H3,(H2,19,20,22). The lowest BCUT2D eigenvalue weighted by Gasteiger charge is -2.17. The number of rotatable bonds is 4. The monoisotopic (exact) mass is 375 g/mol. The number of amides is 2. The fourth-order valence-corrected chi connectivity index (χ4v) is 3.93. The molecular formula is C18H21N3O4S. The van der Waals surface area contributed by atoms with Crippen LogP contribution in [0.5, 0.6) is 5.75 Å². The summed E-state index contributed by atoms with van der Waals surface area (Å²) in [4.78, 5) is 12.3. The Balaban J connectivity index is 1.78. The third-order valence-corrected chi connectivity index (χ3v) is 5.38. The summed E-state index contributed by atoms with van der Waals surface area (Å²) < 4.78 is 30.4. The van der Waals surface area contributed by atoms with Gasteiger partial charge in [0.2, 0.25) is 10.0 Å². The largest absolute Gasteiger partial charge is 0.495 e. The van der Waals surface area contributed by atoms with Crippen LogP contribution in [-0.4, -0.2) is 34.4 Å². The van der Waals surface area contributed by atoms with Crippen molar-refractivity contribution in [2.45, 2.75) is 13.3 Å². The molecule has 0 bridgehead atoms. The average Bonchev–Trinajstić information content (AvgIpc) is 2.98. The van der Waals surface area contributed by atoms with Crippen LogP contribution in [0.15, 0.2) is 36.4 Å². The van der Waals surface area contributed by atoms with Crippen molar-refractivity contribution in [1.82, 2.24) is 0 Å². The number of nitrogens with one attached hydrogen (secondary N) is 2. The summed E-state index contributed by atoms with van der Waals surface area (Å²) in [5.41, 5.74) is 3.62. The minimum absolute atomic E-state index is 0.421. The summed E-state index contributed by atoms with van der Waals surface area (Å²) in [6.45, 7) is 2.34. The Hall–Kier alpha value is -2.74. The Morgan fingerprint density at radius 1 is 1.15 bits per heavy atom. The molecule has 3 rings (SSSR count). The van der Waals surface area contributed by atoms with E-state index in [2.05, 4.69) is 10.6 Å². The van der Waals surface area contributed by atoms with E-state index in [9.17, 15) is 13.2 Å². The van der Waals surface area contributed by atoms with Crippen LogP contribution in [0.25, 0.3) is 0 Å². The first kappa shape index (κ1) is 18.1. The van der Waals surface area contributed by atoms with Gasteiger partial charge in [0.05, 0.1) is 24.7 Å². The smallest absolute Gasteiger partial charge is 0.323 e. The van der Waals surface area contributed by atoms with E-state index in [1.807, 2.05) is 25.1 Å². The Bertz CT molecular complexity index is 957. The van der Waals surface area contributed by atoms with Gasteiger partial charge in [-0.2, -0.15) is 0 Å². The predicted octanol–water partition coefficient (Wildman–Crippen LogP) is 2.97. The number of anilines is 3. The quantitative estimate of drug-likeness (QED) is 0.860. The van der Waals surface area contributed by atoms with E-state index in [0.717, 1.165) is 11.1 Å². The summed E-state index contributed by atoms with van der Waals surface area (Å²) >= 11 is 0. The maximum atomic E-state index is 12.3. The first-order valence-corrected chi connectivity index (χ1v) is 9.96. The number of carbonyl (C=O) groups excluding carboxylic acids is 1. The summed E-state index contributed by atoms with van der Waals surface area (Å²) in [6, 6.07) is 10.3. The zero-order chi connectivity index (χ0) is 18.9. The molecule has 0 fully saturated rings. The van der Waals surface area contributed by atoms with Gasteiger partial charge in [-0.15, -0.1) is 0 Å². The molecule has 1 aliphatic heterocycles. The van der Waals surface area contributed by atoms with E-state index in [4.69, 9.17) is 4.74 Å². The maximum Gasteiger partial charge on any atom is 0.323 e. The van der Waals surface area contributed by atoms with Crippen molar-refractivity contribution < 1.29 is 17.9 Å². The van der Waals surface area contributed by atoms with Gasteiger partial charge in [0.15, 0.2) is 0 Å².